The van der Waals surface area contributed by atoms with Gasteiger partial charge in [-0.05, 0) is 47.5 Å². The van der Waals surface area contributed by atoms with Crippen LogP contribution in [0.3, 0.4) is 0 Å². The summed E-state index contributed by atoms with van der Waals surface area (Å²) >= 11 is 0. The SMILES string of the molecule is COc1ccc(-c2c(C(F)(F)F)oc3cc(OCc4ccc([N+](=O)[O-])cc4)ccc3c2=O)cc1OC. The Labute approximate surface area is 201 Å². The van der Waals surface area contributed by atoms with Crippen molar-refractivity contribution in [1.82, 2.24) is 0 Å². The maximum Gasteiger partial charge on any atom is 0.450 e. The van der Waals surface area contributed by atoms with Crippen molar-refractivity contribution in [2.45, 2.75) is 12.8 Å². The van der Waals surface area contributed by atoms with Crippen LogP contribution in [0, 0.1) is 10.1 Å². The molecular formula is C25H18F3NO7. The minimum atomic E-state index is -4.97. The Morgan fingerprint density at radius 2 is 1.64 bits per heavy atom. The van der Waals surface area contributed by atoms with Crippen molar-refractivity contribution in [2.24, 2.45) is 0 Å². The molecule has 0 atom stereocenters. The summed E-state index contributed by atoms with van der Waals surface area (Å²) in [5, 5.41) is 10.7. The zero-order chi connectivity index (χ0) is 26.0. The molecule has 0 unspecified atom stereocenters. The van der Waals surface area contributed by atoms with Crippen molar-refractivity contribution < 1.29 is 36.7 Å². The van der Waals surface area contributed by atoms with Crippen LogP contribution in [0.4, 0.5) is 18.9 Å². The smallest absolute Gasteiger partial charge is 0.450 e. The monoisotopic (exact) mass is 501 g/mol. The first kappa shape index (κ1) is 24.6. The van der Waals surface area contributed by atoms with Gasteiger partial charge in [-0.1, -0.05) is 6.07 Å². The topological polar surface area (TPSA) is 101 Å². The lowest BCUT2D eigenvalue weighted by Gasteiger charge is -2.15. The Bertz CT molecular complexity index is 1500. The van der Waals surface area contributed by atoms with Crippen molar-refractivity contribution in [3.8, 4) is 28.4 Å². The summed E-state index contributed by atoms with van der Waals surface area (Å²) in [5.41, 5.74) is -1.38. The Morgan fingerprint density at radius 3 is 2.25 bits per heavy atom. The molecule has 1 heterocycles. The third-order valence-corrected chi connectivity index (χ3v) is 5.35. The molecule has 0 fully saturated rings. The summed E-state index contributed by atoms with van der Waals surface area (Å²) in [5.74, 6) is -0.872. The van der Waals surface area contributed by atoms with Crippen LogP contribution in [-0.4, -0.2) is 19.1 Å². The fourth-order valence-corrected chi connectivity index (χ4v) is 3.60. The predicted octanol–water partition coefficient (Wildman–Crippen LogP) is 5.98. The van der Waals surface area contributed by atoms with Crippen LogP contribution in [0.2, 0.25) is 0 Å². The fraction of sp³-hybridized carbons (Fsp3) is 0.160. The van der Waals surface area contributed by atoms with Gasteiger partial charge < -0.3 is 18.6 Å². The number of nitro groups is 1. The number of hydrogen-bond donors (Lipinski definition) is 0. The lowest BCUT2D eigenvalue weighted by atomic mass is 10.0. The van der Waals surface area contributed by atoms with Gasteiger partial charge in [-0.25, -0.2) is 0 Å². The molecule has 186 valence electrons. The second-order valence-electron chi connectivity index (χ2n) is 7.57. The van der Waals surface area contributed by atoms with E-state index in [4.69, 9.17) is 18.6 Å². The Kier molecular flexibility index (Phi) is 6.56. The number of fused-ring (bicyclic) bond motifs is 1. The highest BCUT2D eigenvalue weighted by molar-refractivity contribution is 5.84. The summed E-state index contributed by atoms with van der Waals surface area (Å²) in [6.45, 7) is -0.0103. The highest BCUT2D eigenvalue weighted by atomic mass is 19.4. The fourth-order valence-electron chi connectivity index (χ4n) is 3.60. The van der Waals surface area contributed by atoms with Gasteiger partial charge >= 0.3 is 6.18 Å². The van der Waals surface area contributed by atoms with E-state index in [2.05, 4.69) is 0 Å². The van der Waals surface area contributed by atoms with Crippen LogP contribution >= 0.6 is 0 Å². The van der Waals surface area contributed by atoms with Gasteiger partial charge in [0, 0.05) is 18.2 Å². The van der Waals surface area contributed by atoms with Gasteiger partial charge in [0.15, 0.2) is 11.5 Å². The average Bonchev–Trinajstić information content (AvgIpc) is 2.86. The van der Waals surface area contributed by atoms with Crippen LogP contribution in [-0.2, 0) is 12.8 Å². The van der Waals surface area contributed by atoms with Crippen LogP contribution in [0.5, 0.6) is 17.2 Å². The molecule has 0 saturated heterocycles. The van der Waals surface area contributed by atoms with Crippen LogP contribution in [0.1, 0.15) is 11.3 Å². The van der Waals surface area contributed by atoms with Gasteiger partial charge in [-0.2, -0.15) is 13.2 Å². The first-order valence-corrected chi connectivity index (χ1v) is 10.4. The average molecular weight is 501 g/mol. The van der Waals surface area contributed by atoms with E-state index in [9.17, 15) is 28.1 Å². The lowest BCUT2D eigenvalue weighted by molar-refractivity contribution is -0.384. The first-order chi connectivity index (χ1) is 17.1. The van der Waals surface area contributed by atoms with Crippen molar-refractivity contribution in [3.63, 3.8) is 0 Å². The molecular weight excluding hydrogens is 483 g/mol. The van der Waals surface area contributed by atoms with Gasteiger partial charge in [0.05, 0.1) is 30.1 Å². The van der Waals surface area contributed by atoms with Crippen LogP contribution in [0.25, 0.3) is 22.1 Å². The minimum Gasteiger partial charge on any atom is -0.493 e. The molecule has 0 aliphatic rings. The van der Waals surface area contributed by atoms with Crippen molar-refractivity contribution >= 4 is 16.7 Å². The quantitative estimate of drug-likeness (QED) is 0.227. The molecule has 3 aromatic carbocycles. The van der Waals surface area contributed by atoms with Gasteiger partial charge in [-0.15, -0.1) is 0 Å². The number of hydrogen-bond acceptors (Lipinski definition) is 7. The molecule has 0 saturated carbocycles. The second kappa shape index (κ2) is 9.61. The maximum atomic E-state index is 14.0. The second-order valence-corrected chi connectivity index (χ2v) is 7.57. The number of benzene rings is 3. The standard InChI is InChI=1S/C25H18F3NO7/c1-33-19-10-5-15(11-21(19)34-2)22-23(30)18-9-8-17(12-20(18)36-24(22)25(26,27)28)35-13-14-3-6-16(7-4-14)29(31)32/h3-12H,13H2,1-2H3. The number of alkyl halides is 3. The summed E-state index contributed by atoms with van der Waals surface area (Å²) in [6.07, 6.45) is -4.97. The molecule has 0 radical (unpaired) electrons. The van der Waals surface area contributed by atoms with E-state index in [1.54, 1.807) is 0 Å². The summed E-state index contributed by atoms with van der Waals surface area (Å²) < 4.78 is 63.0. The molecule has 4 rings (SSSR count). The third-order valence-electron chi connectivity index (χ3n) is 5.35. The molecule has 4 aromatic rings. The third kappa shape index (κ3) is 4.81. The minimum absolute atomic E-state index is 0.0103. The largest absolute Gasteiger partial charge is 0.493 e. The molecule has 0 aliphatic heterocycles. The Balaban J connectivity index is 1.74. The molecule has 0 spiro atoms. The van der Waals surface area contributed by atoms with Crippen molar-refractivity contribution in [3.05, 3.63) is 92.3 Å². The number of ether oxygens (including phenoxy) is 3. The lowest BCUT2D eigenvalue weighted by Crippen LogP contribution is -2.16. The maximum absolute atomic E-state index is 14.0. The summed E-state index contributed by atoms with van der Waals surface area (Å²) in [4.78, 5) is 23.4. The van der Waals surface area contributed by atoms with E-state index < -0.39 is 27.9 Å². The van der Waals surface area contributed by atoms with E-state index in [-0.39, 0.29) is 46.1 Å². The molecule has 11 heteroatoms. The zero-order valence-corrected chi connectivity index (χ0v) is 18.9. The highest BCUT2D eigenvalue weighted by Gasteiger charge is 2.39. The van der Waals surface area contributed by atoms with Gasteiger partial charge in [0.2, 0.25) is 11.2 Å². The van der Waals surface area contributed by atoms with Gasteiger partial charge in [-0.3, -0.25) is 14.9 Å². The van der Waals surface area contributed by atoms with E-state index >= 15 is 0 Å². The molecule has 0 amide bonds. The Morgan fingerprint density at radius 1 is 0.944 bits per heavy atom. The van der Waals surface area contributed by atoms with Crippen molar-refractivity contribution in [1.29, 1.82) is 0 Å². The van der Waals surface area contributed by atoms with Crippen LogP contribution < -0.4 is 19.6 Å². The molecule has 8 nitrogen and oxygen atoms in total. The van der Waals surface area contributed by atoms with Gasteiger partial charge in [0.25, 0.3) is 5.69 Å². The molecule has 1 aromatic heterocycles. The van der Waals surface area contributed by atoms with Crippen molar-refractivity contribution in [2.75, 3.05) is 14.2 Å². The Hall–Kier alpha value is -4.54. The molecule has 0 aliphatic carbocycles. The van der Waals surface area contributed by atoms with Gasteiger partial charge in [0.1, 0.15) is 17.9 Å². The number of methoxy groups -OCH3 is 2. The van der Waals surface area contributed by atoms with E-state index in [0.717, 1.165) is 0 Å². The predicted molar refractivity (Wildman–Crippen MR) is 123 cm³/mol. The molecule has 36 heavy (non-hydrogen) atoms. The first-order valence-electron chi connectivity index (χ1n) is 10.4. The van der Waals surface area contributed by atoms with Crippen LogP contribution in [0.15, 0.2) is 69.9 Å². The normalized spacial score (nSPS) is 11.4. The molecule has 0 N–H and O–H groups in total. The summed E-state index contributed by atoms with van der Waals surface area (Å²) in [6, 6.07) is 13.5. The number of non-ortho nitro benzene ring substituents is 1. The zero-order valence-electron chi connectivity index (χ0n) is 18.9. The van der Waals surface area contributed by atoms with E-state index in [0.29, 0.717) is 5.56 Å². The number of nitro benzene ring substituents is 1. The highest BCUT2D eigenvalue weighted by Crippen LogP contribution is 2.40. The summed E-state index contributed by atoms with van der Waals surface area (Å²) in [7, 11) is 2.71. The van der Waals surface area contributed by atoms with E-state index in [1.165, 1.54) is 74.9 Å². The number of nitrogens with zero attached hydrogens (tertiary/aromatic N) is 1. The number of rotatable bonds is 7. The van der Waals surface area contributed by atoms with E-state index in [1.807, 2.05) is 0 Å². The molecule has 0 bridgehead atoms. The number of halogens is 3.